The van der Waals surface area contributed by atoms with Crippen LogP contribution in [-0.4, -0.2) is 28.1 Å². The van der Waals surface area contributed by atoms with Crippen molar-refractivity contribution in [3.05, 3.63) is 0 Å². The molecule has 1 N–H and O–H groups in total. The SMILES string of the molecule is O[C@H]1CCCC[C@@H]1SCCCl. The second-order valence-corrected chi connectivity index (χ2v) is 4.68. The molecular formula is C8H15ClOS. The lowest BCUT2D eigenvalue weighted by molar-refractivity contribution is 0.137. The number of thioether (sulfide) groups is 1. The molecule has 0 spiro atoms. The highest BCUT2D eigenvalue weighted by atomic mass is 35.5. The van der Waals surface area contributed by atoms with Crippen molar-refractivity contribution in [2.75, 3.05) is 11.6 Å². The van der Waals surface area contributed by atoms with E-state index in [0.29, 0.717) is 11.1 Å². The molecule has 0 aromatic heterocycles. The van der Waals surface area contributed by atoms with Crippen molar-refractivity contribution < 1.29 is 5.11 Å². The van der Waals surface area contributed by atoms with Crippen LogP contribution in [0.4, 0.5) is 0 Å². The summed E-state index contributed by atoms with van der Waals surface area (Å²) in [5.74, 6) is 1.68. The summed E-state index contributed by atoms with van der Waals surface area (Å²) in [5.41, 5.74) is 0. The van der Waals surface area contributed by atoms with E-state index in [-0.39, 0.29) is 6.10 Å². The smallest absolute Gasteiger partial charge is 0.0658 e. The highest BCUT2D eigenvalue weighted by molar-refractivity contribution is 8.00. The third kappa shape index (κ3) is 3.22. The molecule has 0 heterocycles. The molecule has 0 bridgehead atoms. The Morgan fingerprint density at radius 2 is 2.09 bits per heavy atom. The Kier molecular flexibility index (Phi) is 4.65. The number of aliphatic hydroxyl groups excluding tert-OH is 1. The van der Waals surface area contributed by atoms with Crippen molar-refractivity contribution in [2.24, 2.45) is 0 Å². The maximum atomic E-state index is 9.53. The summed E-state index contributed by atoms with van der Waals surface area (Å²) in [6, 6.07) is 0. The molecule has 66 valence electrons. The average molecular weight is 195 g/mol. The van der Waals surface area contributed by atoms with Crippen LogP contribution in [0.5, 0.6) is 0 Å². The second-order valence-electron chi connectivity index (χ2n) is 2.95. The molecule has 0 radical (unpaired) electrons. The second kappa shape index (κ2) is 5.28. The Hall–Kier alpha value is 0.600. The summed E-state index contributed by atoms with van der Waals surface area (Å²) in [7, 11) is 0. The number of hydrogen-bond donors (Lipinski definition) is 1. The molecule has 0 amide bonds. The maximum Gasteiger partial charge on any atom is 0.0658 e. The zero-order valence-electron chi connectivity index (χ0n) is 6.63. The van der Waals surface area contributed by atoms with Crippen molar-refractivity contribution in [3.8, 4) is 0 Å². The molecule has 0 aromatic carbocycles. The van der Waals surface area contributed by atoms with Crippen molar-refractivity contribution in [1.29, 1.82) is 0 Å². The van der Waals surface area contributed by atoms with Crippen LogP contribution >= 0.6 is 23.4 Å². The van der Waals surface area contributed by atoms with Gasteiger partial charge in [-0.2, -0.15) is 11.8 Å². The molecule has 1 aliphatic carbocycles. The van der Waals surface area contributed by atoms with E-state index in [4.69, 9.17) is 11.6 Å². The predicted molar refractivity (Wildman–Crippen MR) is 51.4 cm³/mol. The summed E-state index contributed by atoms with van der Waals surface area (Å²) < 4.78 is 0. The zero-order chi connectivity index (χ0) is 8.10. The van der Waals surface area contributed by atoms with E-state index < -0.39 is 0 Å². The predicted octanol–water partition coefficient (Wildman–Crippen LogP) is 2.26. The first kappa shape index (κ1) is 9.69. The van der Waals surface area contributed by atoms with Crippen LogP contribution in [0, 0.1) is 0 Å². The van der Waals surface area contributed by atoms with Crippen LogP contribution in [0.3, 0.4) is 0 Å². The number of aliphatic hydroxyl groups is 1. The lowest BCUT2D eigenvalue weighted by Gasteiger charge is -2.26. The van der Waals surface area contributed by atoms with Gasteiger partial charge >= 0.3 is 0 Å². The largest absolute Gasteiger partial charge is 0.392 e. The molecule has 0 aliphatic heterocycles. The van der Waals surface area contributed by atoms with Crippen LogP contribution in [0.25, 0.3) is 0 Å². The number of hydrogen-bond acceptors (Lipinski definition) is 2. The minimum Gasteiger partial charge on any atom is -0.392 e. The molecule has 11 heavy (non-hydrogen) atoms. The first-order valence-electron chi connectivity index (χ1n) is 4.20. The third-order valence-corrected chi connectivity index (χ3v) is 3.91. The van der Waals surface area contributed by atoms with Gasteiger partial charge < -0.3 is 5.11 Å². The third-order valence-electron chi connectivity index (χ3n) is 2.08. The lowest BCUT2D eigenvalue weighted by atomic mass is 9.97. The fourth-order valence-corrected chi connectivity index (χ4v) is 2.82. The fourth-order valence-electron chi connectivity index (χ4n) is 1.47. The maximum absolute atomic E-state index is 9.53. The van der Waals surface area contributed by atoms with E-state index in [9.17, 15) is 5.11 Å². The molecule has 1 saturated carbocycles. The van der Waals surface area contributed by atoms with E-state index in [1.54, 1.807) is 0 Å². The van der Waals surface area contributed by atoms with Crippen LogP contribution in [0.1, 0.15) is 25.7 Å². The first-order valence-corrected chi connectivity index (χ1v) is 5.78. The monoisotopic (exact) mass is 194 g/mol. The fraction of sp³-hybridized carbons (Fsp3) is 1.00. The van der Waals surface area contributed by atoms with Crippen molar-refractivity contribution >= 4 is 23.4 Å². The van der Waals surface area contributed by atoms with E-state index in [0.717, 1.165) is 12.2 Å². The molecule has 2 atom stereocenters. The average Bonchev–Trinajstić information content (AvgIpc) is 2.03. The molecule has 1 aliphatic rings. The van der Waals surface area contributed by atoms with Crippen molar-refractivity contribution in [3.63, 3.8) is 0 Å². The van der Waals surface area contributed by atoms with Gasteiger partial charge in [-0.15, -0.1) is 11.6 Å². The zero-order valence-corrected chi connectivity index (χ0v) is 8.20. The molecule has 3 heteroatoms. The van der Waals surface area contributed by atoms with E-state index in [1.807, 2.05) is 11.8 Å². The van der Waals surface area contributed by atoms with Gasteiger partial charge in [0.25, 0.3) is 0 Å². The van der Waals surface area contributed by atoms with Gasteiger partial charge in [-0.1, -0.05) is 12.8 Å². The summed E-state index contributed by atoms with van der Waals surface area (Å²) in [6.07, 6.45) is 4.55. The van der Waals surface area contributed by atoms with Gasteiger partial charge in [0.05, 0.1) is 6.10 Å². The van der Waals surface area contributed by atoms with Gasteiger partial charge in [-0.25, -0.2) is 0 Å². The van der Waals surface area contributed by atoms with Gasteiger partial charge in [0.1, 0.15) is 0 Å². The van der Waals surface area contributed by atoms with E-state index >= 15 is 0 Å². The first-order chi connectivity index (χ1) is 5.34. The van der Waals surface area contributed by atoms with Gasteiger partial charge in [0.15, 0.2) is 0 Å². The lowest BCUT2D eigenvalue weighted by Crippen LogP contribution is -2.27. The van der Waals surface area contributed by atoms with Crippen LogP contribution in [-0.2, 0) is 0 Å². The van der Waals surface area contributed by atoms with Gasteiger partial charge in [-0.3, -0.25) is 0 Å². The van der Waals surface area contributed by atoms with Crippen LogP contribution < -0.4 is 0 Å². The van der Waals surface area contributed by atoms with Crippen molar-refractivity contribution in [1.82, 2.24) is 0 Å². The van der Waals surface area contributed by atoms with Crippen LogP contribution in [0.15, 0.2) is 0 Å². The Bertz CT molecular complexity index is 110. The number of rotatable bonds is 3. The number of alkyl halides is 1. The minimum absolute atomic E-state index is 0.0723. The quantitative estimate of drug-likeness (QED) is 0.696. The molecule has 1 fully saturated rings. The van der Waals surface area contributed by atoms with Crippen LogP contribution in [0.2, 0.25) is 0 Å². The molecule has 0 unspecified atom stereocenters. The highest BCUT2D eigenvalue weighted by Crippen LogP contribution is 2.28. The Labute approximate surface area is 77.5 Å². The standard InChI is InChI=1S/C8H15ClOS/c9-5-6-11-8-4-2-1-3-7(8)10/h7-8,10H,1-6H2/t7-,8-/m0/s1. The Morgan fingerprint density at radius 1 is 1.36 bits per heavy atom. The van der Waals surface area contributed by atoms with Gasteiger partial charge in [0, 0.05) is 16.9 Å². The summed E-state index contributed by atoms with van der Waals surface area (Å²) in [4.78, 5) is 0. The molecule has 1 rings (SSSR count). The molecule has 1 nitrogen and oxygen atoms in total. The number of halogens is 1. The molecule has 0 aromatic rings. The van der Waals surface area contributed by atoms with Crippen molar-refractivity contribution in [2.45, 2.75) is 37.0 Å². The summed E-state index contributed by atoms with van der Waals surface area (Å²) in [5, 5.41) is 9.99. The molecule has 0 saturated heterocycles. The topological polar surface area (TPSA) is 20.2 Å². The summed E-state index contributed by atoms with van der Waals surface area (Å²) >= 11 is 7.39. The normalized spacial score (nSPS) is 32.2. The Morgan fingerprint density at radius 3 is 2.73 bits per heavy atom. The molecular weight excluding hydrogens is 180 g/mol. The highest BCUT2D eigenvalue weighted by Gasteiger charge is 2.22. The minimum atomic E-state index is -0.0723. The van der Waals surface area contributed by atoms with Gasteiger partial charge in [-0.05, 0) is 12.8 Å². The van der Waals surface area contributed by atoms with E-state index in [1.165, 1.54) is 19.3 Å². The van der Waals surface area contributed by atoms with E-state index in [2.05, 4.69) is 0 Å². The summed E-state index contributed by atoms with van der Waals surface area (Å²) in [6.45, 7) is 0. The van der Waals surface area contributed by atoms with Gasteiger partial charge in [0.2, 0.25) is 0 Å². The Balaban J connectivity index is 2.18.